The van der Waals surface area contributed by atoms with Crippen LogP contribution in [0.2, 0.25) is 18.1 Å². The van der Waals surface area contributed by atoms with Gasteiger partial charge >= 0.3 is 5.97 Å². The number of hydrogen-bond donors (Lipinski definition) is 2. The Morgan fingerprint density at radius 3 is 2.64 bits per heavy atom. The second kappa shape index (κ2) is 9.70. The SMILES string of the molecule is CC(C)(C)[Si](C)(C)O[C@H]1CN[C@H](c2cc(F)ccc2F)C1.O=C(O)c1cnn2ccccc12. The lowest BCUT2D eigenvalue weighted by atomic mass is 10.0. The lowest BCUT2D eigenvalue weighted by Gasteiger charge is -2.38. The van der Waals surface area contributed by atoms with E-state index < -0.39 is 20.1 Å². The minimum atomic E-state index is -1.83. The van der Waals surface area contributed by atoms with Crippen LogP contribution in [0.4, 0.5) is 8.78 Å². The van der Waals surface area contributed by atoms with Gasteiger partial charge in [0.1, 0.15) is 17.2 Å². The molecular weight excluding hydrogens is 444 g/mol. The lowest BCUT2D eigenvalue weighted by Crippen LogP contribution is -2.44. The van der Waals surface area contributed by atoms with Crippen molar-refractivity contribution in [2.45, 2.75) is 57.5 Å². The van der Waals surface area contributed by atoms with Crippen LogP contribution >= 0.6 is 0 Å². The zero-order valence-electron chi connectivity index (χ0n) is 19.6. The van der Waals surface area contributed by atoms with Crippen molar-refractivity contribution in [3.05, 3.63) is 71.6 Å². The van der Waals surface area contributed by atoms with E-state index in [-0.39, 0.29) is 28.6 Å². The molecule has 2 atom stereocenters. The summed E-state index contributed by atoms with van der Waals surface area (Å²) in [4.78, 5) is 10.6. The van der Waals surface area contributed by atoms with Gasteiger partial charge in [0.2, 0.25) is 0 Å². The van der Waals surface area contributed by atoms with E-state index >= 15 is 0 Å². The van der Waals surface area contributed by atoms with Crippen LogP contribution in [0.15, 0.2) is 48.8 Å². The van der Waals surface area contributed by atoms with Gasteiger partial charge in [-0.1, -0.05) is 26.8 Å². The maximum absolute atomic E-state index is 13.8. The molecule has 1 fully saturated rings. The molecule has 1 aliphatic heterocycles. The molecule has 3 heterocycles. The van der Waals surface area contributed by atoms with Crippen LogP contribution in [-0.4, -0.2) is 41.7 Å². The molecule has 1 aliphatic rings. The second-order valence-corrected chi connectivity index (χ2v) is 14.5. The van der Waals surface area contributed by atoms with Crippen LogP contribution in [0.1, 0.15) is 49.2 Å². The molecule has 4 rings (SSSR count). The van der Waals surface area contributed by atoms with Gasteiger partial charge in [-0.25, -0.2) is 18.1 Å². The van der Waals surface area contributed by atoms with Gasteiger partial charge in [0.05, 0.1) is 17.8 Å². The van der Waals surface area contributed by atoms with Gasteiger partial charge in [-0.2, -0.15) is 5.10 Å². The van der Waals surface area contributed by atoms with E-state index in [1.165, 1.54) is 22.8 Å². The average molecular weight is 476 g/mol. The highest BCUT2D eigenvalue weighted by Crippen LogP contribution is 2.39. The molecule has 0 unspecified atom stereocenters. The number of pyridine rings is 1. The van der Waals surface area contributed by atoms with E-state index in [0.717, 1.165) is 6.07 Å². The first-order chi connectivity index (χ1) is 15.4. The molecule has 0 amide bonds. The first kappa shape index (κ1) is 25.0. The summed E-state index contributed by atoms with van der Waals surface area (Å²) in [6.07, 6.45) is 3.81. The fraction of sp³-hybridized carbons (Fsp3) is 0.417. The molecule has 6 nitrogen and oxygen atoms in total. The number of fused-ring (bicyclic) bond motifs is 1. The average Bonchev–Trinajstić information content (AvgIpc) is 3.36. The first-order valence-corrected chi connectivity index (χ1v) is 13.8. The molecule has 178 valence electrons. The van der Waals surface area contributed by atoms with Gasteiger partial charge < -0.3 is 14.8 Å². The van der Waals surface area contributed by atoms with Crippen LogP contribution in [0, 0.1) is 11.6 Å². The number of carbonyl (C=O) groups is 1. The minimum absolute atomic E-state index is 0.0681. The topological polar surface area (TPSA) is 75.9 Å². The number of benzene rings is 1. The Bertz CT molecular complexity index is 1130. The van der Waals surface area contributed by atoms with Gasteiger partial charge in [0, 0.05) is 24.3 Å². The Hall–Kier alpha value is -2.62. The van der Waals surface area contributed by atoms with Gasteiger partial charge in [0.25, 0.3) is 0 Å². The Morgan fingerprint density at radius 1 is 1.24 bits per heavy atom. The summed E-state index contributed by atoms with van der Waals surface area (Å²) >= 11 is 0. The van der Waals surface area contributed by atoms with Crippen LogP contribution < -0.4 is 5.32 Å². The number of nitrogens with zero attached hydrogens (tertiary/aromatic N) is 2. The van der Waals surface area contributed by atoms with Crippen molar-refractivity contribution in [1.82, 2.24) is 14.9 Å². The highest BCUT2D eigenvalue weighted by atomic mass is 28.4. The molecule has 3 aromatic rings. The normalized spacial score (nSPS) is 18.8. The van der Waals surface area contributed by atoms with Crippen molar-refractivity contribution in [2.75, 3.05) is 6.54 Å². The van der Waals surface area contributed by atoms with Gasteiger partial charge in [-0.05, 0) is 54.9 Å². The molecule has 1 aromatic carbocycles. The lowest BCUT2D eigenvalue weighted by molar-refractivity contribution is 0.0699. The monoisotopic (exact) mass is 475 g/mol. The van der Waals surface area contributed by atoms with E-state index in [0.29, 0.717) is 24.0 Å². The molecule has 0 aliphatic carbocycles. The molecule has 9 heteroatoms. The first-order valence-electron chi connectivity index (χ1n) is 10.9. The van der Waals surface area contributed by atoms with Gasteiger partial charge in [-0.3, -0.25) is 0 Å². The summed E-state index contributed by atoms with van der Waals surface area (Å²) < 4.78 is 35.0. The summed E-state index contributed by atoms with van der Waals surface area (Å²) in [5.41, 5.74) is 1.25. The van der Waals surface area contributed by atoms with Crippen LogP contribution in [0.5, 0.6) is 0 Å². The number of hydrogen-bond acceptors (Lipinski definition) is 4. The van der Waals surface area contributed by atoms with Crippen LogP contribution in [0.3, 0.4) is 0 Å². The summed E-state index contributed by atoms with van der Waals surface area (Å²) in [6.45, 7) is 11.7. The molecule has 2 aromatic heterocycles. The molecule has 33 heavy (non-hydrogen) atoms. The highest BCUT2D eigenvalue weighted by molar-refractivity contribution is 6.74. The molecular formula is C24H31F2N3O3Si. The molecule has 0 spiro atoms. The Morgan fingerprint density at radius 2 is 1.97 bits per heavy atom. The van der Waals surface area contributed by atoms with Crippen molar-refractivity contribution >= 4 is 19.8 Å². The maximum atomic E-state index is 13.8. The molecule has 0 saturated carbocycles. The smallest absolute Gasteiger partial charge is 0.339 e. The zero-order valence-corrected chi connectivity index (χ0v) is 20.6. The molecule has 0 radical (unpaired) electrons. The van der Waals surface area contributed by atoms with Crippen LogP contribution in [-0.2, 0) is 4.43 Å². The largest absolute Gasteiger partial charge is 0.478 e. The zero-order chi connectivity index (χ0) is 24.4. The summed E-state index contributed by atoms with van der Waals surface area (Å²) in [5, 5.41) is 16.0. The van der Waals surface area contributed by atoms with E-state index in [9.17, 15) is 13.6 Å². The number of nitrogens with one attached hydrogen (secondary N) is 1. The van der Waals surface area contributed by atoms with E-state index in [2.05, 4.69) is 44.3 Å². The Balaban J connectivity index is 0.000000215. The quantitative estimate of drug-likeness (QED) is 0.493. The third-order valence-corrected chi connectivity index (χ3v) is 10.9. The highest BCUT2D eigenvalue weighted by Gasteiger charge is 2.41. The summed E-state index contributed by atoms with van der Waals surface area (Å²) in [5.74, 6) is -1.71. The standard InChI is InChI=1S/C16H25F2NOSi.C8H6N2O2/c1-16(2,3)21(4,5)20-12-9-15(19-10-12)13-8-11(17)6-7-14(13)18;11-8(12)6-5-9-10-4-2-1-3-7(6)10/h6-8,12,15,19H,9-10H2,1-5H3;1-5H,(H,11,12)/t12-,15+;/m1./s1. The number of aromatic nitrogens is 2. The third-order valence-electron chi connectivity index (χ3n) is 6.35. The van der Waals surface area contributed by atoms with E-state index in [4.69, 9.17) is 9.53 Å². The second-order valence-electron chi connectivity index (χ2n) is 9.76. The number of carboxylic acid groups (broad SMARTS) is 1. The van der Waals surface area contributed by atoms with Crippen molar-refractivity contribution in [3.8, 4) is 0 Å². The van der Waals surface area contributed by atoms with E-state index in [1.807, 2.05) is 0 Å². The Kier molecular flexibility index (Phi) is 7.35. The third kappa shape index (κ3) is 5.84. The van der Waals surface area contributed by atoms with Crippen molar-refractivity contribution in [1.29, 1.82) is 0 Å². The number of rotatable bonds is 4. The minimum Gasteiger partial charge on any atom is -0.478 e. The molecule has 2 N–H and O–H groups in total. The summed E-state index contributed by atoms with van der Waals surface area (Å²) in [6, 6.07) is 8.74. The van der Waals surface area contributed by atoms with Crippen molar-refractivity contribution < 1.29 is 23.1 Å². The summed E-state index contributed by atoms with van der Waals surface area (Å²) in [7, 11) is -1.83. The fourth-order valence-corrected chi connectivity index (χ4v) is 4.87. The fourth-order valence-electron chi connectivity index (χ4n) is 3.50. The van der Waals surface area contributed by atoms with Gasteiger partial charge in [-0.15, -0.1) is 0 Å². The maximum Gasteiger partial charge on any atom is 0.339 e. The molecule has 0 bridgehead atoms. The van der Waals surface area contributed by atoms with Gasteiger partial charge in [0.15, 0.2) is 8.32 Å². The predicted molar refractivity (Wildman–Crippen MR) is 126 cm³/mol. The number of halogens is 2. The predicted octanol–water partition coefficient (Wildman–Crippen LogP) is 5.42. The van der Waals surface area contributed by atoms with Crippen molar-refractivity contribution in [3.63, 3.8) is 0 Å². The Labute approximate surface area is 193 Å². The van der Waals surface area contributed by atoms with Crippen LogP contribution in [0.25, 0.3) is 5.52 Å². The number of carboxylic acids is 1. The number of aromatic carboxylic acids is 1. The molecule has 1 saturated heterocycles. The van der Waals surface area contributed by atoms with E-state index in [1.54, 1.807) is 24.4 Å². The van der Waals surface area contributed by atoms with Crippen molar-refractivity contribution in [2.24, 2.45) is 0 Å².